The standard InChI is InChI=1S/C9H19NOS/c1-12-6-3-8(11)9(7-10)4-2-5-9/h8,11H,2-7,10H2,1H3. The number of hydrogen-bond acceptors (Lipinski definition) is 3. The molecule has 0 heterocycles. The molecule has 3 N–H and O–H groups in total. The molecule has 1 fully saturated rings. The average Bonchev–Trinajstić information content (AvgIpc) is 2.00. The van der Waals surface area contributed by atoms with Crippen molar-refractivity contribution in [1.82, 2.24) is 0 Å². The van der Waals surface area contributed by atoms with E-state index in [1.54, 1.807) is 11.8 Å². The van der Waals surface area contributed by atoms with Crippen LogP contribution in [-0.2, 0) is 0 Å². The molecular weight excluding hydrogens is 170 g/mol. The first-order chi connectivity index (χ1) is 5.75. The zero-order valence-corrected chi connectivity index (χ0v) is 8.57. The van der Waals surface area contributed by atoms with Crippen LogP contribution in [0.25, 0.3) is 0 Å². The third kappa shape index (κ3) is 1.95. The summed E-state index contributed by atoms with van der Waals surface area (Å²) < 4.78 is 0. The van der Waals surface area contributed by atoms with Gasteiger partial charge in [0.25, 0.3) is 0 Å². The Morgan fingerprint density at radius 3 is 2.58 bits per heavy atom. The van der Waals surface area contributed by atoms with E-state index < -0.39 is 0 Å². The number of aliphatic hydroxyl groups excluding tert-OH is 1. The van der Waals surface area contributed by atoms with Crippen molar-refractivity contribution in [3.05, 3.63) is 0 Å². The van der Waals surface area contributed by atoms with Gasteiger partial charge in [0.05, 0.1) is 6.10 Å². The molecule has 1 atom stereocenters. The van der Waals surface area contributed by atoms with Crippen LogP contribution < -0.4 is 5.73 Å². The Balaban J connectivity index is 2.32. The first kappa shape index (κ1) is 10.4. The predicted octanol–water partition coefficient (Wildman–Crippen LogP) is 1.23. The van der Waals surface area contributed by atoms with Crippen molar-refractivity contribution >= 4 is 11.8 Å². The second kappa shape index (κ2) is 4.49. The lowest BCUT2D eigenvalue weighted by Gasteiger charge is -2.44. The Hall–Kier alpha value is 0.270. The highest BCUT2D eigenvalue weighted by Crippen LogP contribution is 2.44. The van der Waals surface area contributed by atoms with Crippen molar-refractivity contribution in [1.29, 1.82) is 0 Å². The van der Waals surface area contributed by atoms with E-state index in [9.17, 15) is 5.11 Å². The van der Waals surface area contributed by atoms with E-state index in [0.29, 0.717) is 6.54 Å². The van der Waals surface area contributed by atoms with Crippen LogP contribution >= 0.6 is 11.8 Å². The minimum Gasteiger partial charge on any atom is -0.392 e. The summed E-state index contributed by atoms with van der Waals surface area (Å²) in [7, 11) is 0. The van der Waals surface area contributed by atoms with E-state index >= 15 is 0 Å². The van der Waals surface area contributed by atoms with Gasteiger partial charge in [0, 0.05) is 12.0 Å². The predicted molar refractivity (Wildman–Crippen MR) is 54.3 cm³/mol. The maximum Gasteiger partial charge on any atom is 0.0616 e. The molecule has 0 spiro atoms. The average molecular weight is 189 g/mol. The summed E-state index contributed by atoms with van der Waals surface area (Å²) in [6.45, 7) is 0.655. The lowest BCUT2D eigenvalue weighted by Crippen LogP contribution is -2.47. The van der Waals surface area contributed by atoms with Gasteiger partial charge in [0.1, 0.15) is 0 Å². The summed E-state index contributed by atoms with van der Waals surface area (Å²) in [4.78, 5) is 0. The summed E-state index contributed by atoms with van der Waals surface area (Å²) in [5, 5.41) is 9.86. The summed E-state index contributed by atoms with van der Waals surface area (Å²) >= 11 is 1.79. The molecule has 0 radical (unpaired) electrons. The van der Waals surface area contributed by atoms with Crippen molar-refractivity contribution in [3.63, 3.8) is 0 Å². The zero-order valence-electron chi connectivity index (χ0n) is 7.75. The first-order valence-electron chi connectivity index (χ1n) is 4.62. The Morgan fingerprint density at radius 1 is 1.58 bits per heavy atom. The first-order valence-corrected chi connectivity index (χ1v) is 6.01. The second-order valence-electron chi connectivity index (χ2n) is 3.72. The molecule has 1 aliphatic rings. The number of rotatable bonds is 5. The van der Waals surface area contributed by atoms with E-state index in [1.807, 2.05) is 0 Å². The maximum absolute atomic E-state index is 9.86. The SMILES string of the molecule is CSCCC(O)C1(CN)CCC1. The Labute approximate surface area is 78.9 Å². The zero-order chi connectivity index (χ0) is 9.03. The minimum atomic E-state index is -0.163. The van der Waals surface area contributed by atoms with Crippen molar-refractivity contribution < 1.29 is 5.11 Å². The largest absolute Gasteiger partial charge is 0.392 e. The summed E-state index contributed by atoms with van der Waals surface area (Å²) in [5.74, 6) is 1.04. The van der Waals surface area contributed by atoms with Crippen LogP contribution in [0.15, 0.2) is 0 Å². The molecule has 0 saturated heterocycles. The molecule has 0 aliphatic heterocycles. The summed E-state index contributed by atoms with van der Waals surface area (Å²) in [6, 6.07) is 0. The van der Waals surface area contributed by atoms with Gasteiger partial charge in [-0.15, -0.1) is 0 Å². The van der Waals surface area contributed by atoms with Gasteiger partial charge in [-0.25, -0.2) is 0 Å². The lowest BCUT2D eigenvalue weighted by atomic mass is 9.64. The normalized spacial score (nSPS) is 23.2. The second-order valence-corrected chi connectivity index (χ2v) is 4.70. The molecule has 1 aliphatic carbocycles. The fourth-order valence-electron chi connectivity index (χ4n) is 1.84. The molecular formula is C9H19NOS. The molecule has 1 saturated carbocycles. The highest BCUT2D eigenvalue weighted by molar-refractivity contribution is 7.98. The van der Waals surface area contributed by atoms with Crippen LogP contribution in [0.5, 0.6) is 0 Å². The van der Waals surface area contributed by atoms with E-state index in [2.05, 4.69) is 6.26 Å². The van der Waals surface area contributed by atoms with Gasteiger partial charge in [0.15, 0.2) is 0 Å². The van der Waals surface area contributed by atoms with Crippen LogP contribution in [-0.4, -0.2) is 29.8 Å². The molecule has 0 amide bonds. The monoisotopic (exact) mass is 189 g/mol. The highest BCUT2D eigenvalue weighted by Gasteiger charge is 2.41. The van der Waals surface area contributed by atoms with Gasteiger partial charge in [-0.1, -0.05) is 6.42 Å². The van der Waals surface area contributed by atoms with Crippen LogP contribution in [0.1, 0.15) is 25.7 Å². The molecule has 0 aromatic carbocycles. The molecule has 1 unspecified atom stereocenters. The molecule has 12 heavy (non-hydrogen) atoms. The molecule has 0 aromatic rings. The highest BCUT2D eigenvalue weighted by atomic mass is 32.2. The maximum atomic E-state index is 9.86. The number of nitrogens with two attached hydrogens (primary N) is 1. The van der Waals surface area contributed by atoms with Crippen LogP contribution in [0, 0.1) is 5.41 Å². The topological polar surface area (TPSA) is 46.2 Å². The molecule has 1 rings (SSSR count). The smallest absolute Gasteiger partial charge is 0.0616 e. The van der Waals surface area contributed by atoms with Crippen LogP contribution in [0.2, 0.25) is 0 Å². The quantitative estimate of drug-likeness (QED) is 0.684. The van der Waals surface area contributed by atoms with Gasteiger partial charge < -0.3 is 10.8 Å². The van der Waals surface area contributed by atoms with Crippen molar-refractivity contribution in [2.45, 2.75) is 31.8 Å². The van der Waals surface area contributed by atoms with Gasteiger partial charge in [0.2, 0.25) is 0 Å². The van der Waals surface area contributed by atoms with E-state index in [4.69, 9.17) is 5.73 Å². The molecule has 2 nitrogen and oxygen atoms in total. The Bertz CT molecular complexity index is 131. The Morgan fingerprint density at radius 2 is 2.25 bits per heavy atom. The van der Waals surface area contributed by atoms with Crippen molar-refractivity contribution in [2.24, 2.45) is 11.1 Å². The minimum absolute atomic E-state index is 0.0930. The fourth-order valence-corrected chi connectivity index (χ4v) is 2.30. The van der Waals surface area contributed by atoms with Crippen LogP contribution in [0.4, 0.5) is 0 Å². The van der Waals surface area contributed by atoms with E-state index in [0.717, 1.165) is 25.0 Å². The summed E-state index contributed by atoms with van der Waals surface area (Å²) in [6.07, 6.45) is 6.30. The number of thioether (sulfide) groups is 1. The Kier molecular flexibility index (Phi) is 3.87. The van der Waals surface area contributed by atoms with Gasteiger partial charge in [-0.2, -0.15) is 11.8 Å². The van der Waals surface area contributed by atoms with Gasteiger partial charge >= 0.3 is 0 Å². The van der Waals surface area contributed by atoms with Crippen molar-refractivity contribution in [2.75, 3.05) is 18.6 Å². The third-order valence-corrected chi connectivity index (χ3v) is 3.70. The molecule has 72 valence electrons. The van der Waals surface area contributed by atoms with Gasteiger partial charge in [-0.05, 0) is 31.3 Å². The lowest BCUT2D eigenvalue weighted by molar-refractivity contribution is -0.0285. The van der Waals surface area contributed by atoms with E-state index in [1.165, 1.54) is 6.42 Å². The fraction of sp³-hybridized carbons (Fsp3) is 1.00. The van der Waals surface area contributed by atoms with Gasteiger partial charge in [-0.3, -0.25) is 0 Å². The molecule has 3 heteroatoms. The third-order valence-electron chi connectivity index (χ3n) is 3.06. The van der Waals surface area contributed by atoms with E-state index in [-0.39, 0.29) is 11.5 Å². The molecule has 0 bridgehead atoms. The molecule has 0 aromatic heterocycles. The number of hydrogen-bond donors (Lipinski definition) is 2. The summed E-state index contributed by atoms with van der Waals surface area (Å²) in [5.41, 5.74) is 5.77. The van der Waals surface area contributed by atoms with Crippen molar-refractivity contribution in [3.8, 4) is 0 Å². The number of aliphatic hydroxyl groups is 1. The van der Waals surface area contributed by atoms with Crippen LogP contribution in [0.3, 0.4) is 0 Å².